The lowest BCUT2D eigenvalue weighted by Crippen LogP contribution is -2.46. The quantitative estimate of drug-likeness (QED) is 0.868. The summed E-state index contributed by atoms with van der Waals surface area (Å²) in [5, 5.41) is 6.48. The molecule has 1 fully saturated rings. The molecule has 0 saturated carbocycles. The Kier molecular flexibility index (Phi) is 5.69. The average molecular weight is 337 g/mol. The van der Waals surface area contributed by atoms with E-state index in [4.69, 9.17) is 0 Å². The molecule has 102 valence electrons. The lowest BCUT2D eigenvalue weighted by Gasteiger charge is -2.28. The summed E-state index contributed by atoms with van der Waals surface area (Å²) in [5.74, 6) is 0.0114. The van der Waals surface area contributed by atoms with Crippen molar-refractivity contribution in [3.8, 4) is 0 Å². The minimum atomic E-state index is 0. The van der Waals surface area contributed by atoms with Gasteiger partial charge in [0.2, 0.25) is 0 Å². The molecule has 2 atom stereocenters. The molecule has 2 unspecified atom stereocenters. The van der Waals surface area contributed by atoms with Crippen molar-refractivity contribution in [3.05, 3.63) is 22.4 Å². The predicted molar refractivity (Wildman–Crippen MR) is 78.3 cm³/mol. The number of piperidine rings is 1. The van der Waals surface area contributed by atoms with Crippen molar-refractivity contribution >= 4 is 34.2 Å². The van der Waals surface area contributed by atoms with Crippen LogP contribution in [0.1, 0.15) is 30.3 Å². The fourth-order valence-electron chi connectivity index (χ4n) is 2.27. The molecule has 0 bridgehead atoms. The van der Waals surface area contributed by atoms with Gasteiger partial charge in [0.15, 0.2) is 0 Å². The van der Waals surface area contributed by atoms with Crippen molar-refractivity contribution in [2.45, 2.75) is 31.8 Å². The van der Waals surface area contributed by atoms with Gasteiger partial charge in [-0.1, -0.05) is 0 Å². The molecule has 1 aromatic heterocycles. The molecule has 0 radical (unpaired) electrons. The van der Waals surface area contributed by atoms with Gasteiger partial charge in [0, 0.05) is 29.8 Å². The van der Waals surface area contributed by atoms with E-state index in [2.05, 4.69) is 33.5 Å². The molecule has 2 rings (SSSR count). The highest BCUT2D eigenvalue weighted by atomic mass is 79.9. The van der Waals surface area contributed by atoms with E-state index in [9.17, 15) is 4.79 Å². The zero-order valence-electron chi connectivity index (χ0n) is 10.6. The SMILES string of the molecule is CC1CC(NC(=O)c2cc(Br)cn2C)CCN1.Cl. The van der Waals surface area contributed by atoms with Crippen LogP contribution >= 0.6 is 28.3 Å². The van der Waals surface area contributed by atoms with Crippen LogP contribution in [0.5, 0.6) is 0 Å². The van der Waals surface area contributed by atoms with Crippen LogP contribution in [-0.2, 0) is 7.05 Å². The fourth-order valence-corrected chi connectivity index (χ4v) is 2.80. The van der Waals surface area contributed by atoms with Crippen molar-refractivity contribution in [2.24, 2.45) is 7.05 Å². The molecule has 1 aromatic rings. The third-order valence-corrected chi connectivity index (χ3v) is 3.60. The van der Waals surface area contributed by atoms with Gasteiger partial charge in [-0.15, -0.1) is 12.4 Å². The van der Waals surface area contributed by atoms with Gasteiger partial charge < -0.3 is 15.2 Å². The number of hydrogen-bond donors (Lipinski definition) is 2. The summed E-state index contributed by atoms with van der Waals surface area (Å²) in [6.45, 7) is 3.13. The number of carbonyl (C=O) groups is 1. The van der Waals surface area contributed by atoms with Crippen LogP contribution in [0.15, 0.2) is 16.7 Å². The maximum atomic E-state index is 12.1. The summed E-state index contributed by atoms with van der Waals surface area (Å²) >= 11 is 3.38. The van der Waals surface area contributed by atoms with Gasteiger partial charge in [-0.3, -0.25) is 4.79 Å². The van der Waals surface area contributed by atoms with Crippen LogP contribution in [0.4, 0.5) is 0 Å². The first-order valence-electron chi connectivity index (χ1n) is 5.92. The number of hydrogen-bond acceptors (Lipinski definition) is 2. The van der Waals surface area contributed by atoms with E-state index in [0.29, 0.717) is 11.7 Å². The van der Waals surface area contributed by atoms with Crippen LogP contribution in [-0.4, -0.2) is 29.1 Å². The lowest BCUT2D eigenvalue weighted by atomic mass is 10.0. The Bertz CT molecular complexity index is 421. The fraction of sp³-hybridized carbons (Fsp3) is 0.583. The van der Waals surface area contributed by atoms with Crippen LogP contribution in [0.2, 0.25) is 0 Å². The third kappa shape index (κ3) is 3.73. The molecule has 1 saturated heterocycles. The first-order chi connectivity index (χ1) is 8.06. The van der Waals surface area contributed by atoms with Crippen molar-refractivity contribution in [3.63, 3.8) is 0 Å². The number of carbonyl (C=O) groups excluding carboxylic acids is 1. The van der Waals surface area contributed by atoms with Crippen LogP contribution in [0.25, 0.3) is 0 Å². The van der Waals surface area contributed by atoms with E-state index in [1.165, 1.54) is 0 Å². The summed E-state index contributed by atoms with van der Waals surface area (Å²) in [7, 11) is 1.88. The molecule has 6 heteroatoms. The summed E-state index contributed by atoms with van der Waals surface area (Å²) in [4.78, 5) is 12.1. The molecule has 18 heavy (non-hydrogen) atoms. The van der Waals surface area contributed by atoms with Gasteiger partial charge in [0.05, 0.1) is 0 Å². The number of rotatable bonds is 2. The summed E-state index contributed by atoms with van der Waals surface area (Å²) < 4.78 is 2.77. The van der Waals surface area contributed by atoms with Gasteiger partial charge in [-0.25, -0.2) is 0 Å². The van der Waals surface area contributed by atoms with E-state index in [-0.39, 0.29) is 24.4 Å². The molecular weight excluding hydrogens is 318 g/mol. The van der Waals surface area contributed by atoms with E-state index in [0.717, 1.165) is 23.9 Å². The molecule has 4 nitrogen and oxygen atoms in total. The minimum Gasteiger partial charge on any atom is -0.348 e. The Morgan fingerprint density at radius 3 is 2.89 bits per heavy atom. The van der Waals surface area contributed by atoms with Gasteiger partial charge in [-0.2, -0.15) is 0 Å². The van der Waals surface area contributed by atoms with Crippen molar-refractivity contribution in [2.75, 3.05) is 6.54 Å². The summed E-state index contributed by atoms with van der Waals surface area (Å²) in [6.07, 6.45) is 3.89. The van der Waals surface area contributed by atoms with Gasteiger partial charge in [-0.05, 0) is 48.3 Å². The maximum Gasteiger partial charge on any atom is 0.268 e. The van der Waals surface area contributed by atoms with Crippen LogP contribution in [0, 0.1) is 0 Å². The number of nitrogens with zero attached hydrogens (tertiary/aromatic N) is 1. The van der Waals surface area contributed by atoms with Crippen molar-refractivity contribution < 1.29 is 4.79 Å². The monoisotopic (exact) mass is 335 g/mol. The maximum absolute atomic E-state index is 12.1. The first-order valence-corrected chi connectivity index (χ1v) is 6.71. The number of aryl methyl sites for hydroxylation is 1. The van der Waals surface area contributed by atoms with E-state index in [1.807, 2.05) is 23.9 Å². The zero-order chi connectivity index (χ0) is 12.4. The molecular formula is C12H19BrClN3O. The molecule has 0 spiro atoms. The Morgan fingerprint density at radius 2 is 2.33 bits per heavy atom. The first kappa shape index (κ1) is 15.5. The Hall–Kier alpha value is -0.520. The van der Waals surface area contributed by atoms with E-state index in [1.54, 1.807) is 0 Å². The molecule has 0 aromatic carbocycles. The molecule has 2 heterocycles. The van der Waals surface area contributed by atoms with E-state index >= 15 is 0 Å². The molecule has 1 aliphatic rings. The smallest absolute Gasteiger partial charge is 0.268 e. The number of amides is 1. The zero-order valence-corrected chi connectivity index (χ0v) is 13.0. The van der Waals surface area contributed by atoms with Gasteiger partial charge in [0.1, 0.15) is 5.69 Å². The number of halogens is 2. The minimum absolute atomic E-state index is 0. The van der Waals surface area contributed by atoms with Crippen LogP contribution < -0.4 is 10.6 Å². The highest BCUT2D eigenvalue weighted by molar-refractivity contribution is 9.10. The average Bonchev–Trinajstić information content (AvgIpc) is 2.58. The highest BCUT2D eigenvalue weighted by Crippen LogP contribution is 2.15. The van der Waals surface area contributed by atoms with Crippen molar-refractivity contribution in [1.29, 1.82) is 0 Å². The molecule has 1 aliphatic heterocycles. The largest absolute Gasteiger partial charge is 0.348 e. The van der Waals surface area contributed by atoms with Gasteiger partial charge >= 0.3 is 0 Å². The molecule has 1 amide bonds. The third-order valence-electron chi connectivity index (χ3n) is 3.16. The number of aromatic nitrogens is 1. The summed E-state index contributed by atoms with van der Waals surface area (Å²) in [5.41, 5.74) is 0.697. The Balaban J connectivity index is 0.00000162. The second-order valence-corrected chi connectivity index (χ2v) is 5.62. The lowest BCUT2D eigenvalue weighted by molar-refractivity contribution is 0.0917. The number of nitrogens with one attached hydrogen (secondary N) is 2. The second kappa shape index (κ2) is 6.59. The highest BCUT2D eigenvalue weighted by Gasteiger charge is 2.21. The molecule has 2 N–H and O–H groups in total. The Labute approximate surface area is 122 Å². The van der Waals surface area contributed by atoms with Crippen molar-refractivity contribution in [1.82, 2.24) is 15.2 Å². The molecule has 0 aliphatic carbocycles. The normalized spacial score (nSPS) is 23.3. The second-order valence-electron chi connectivity index (χ2n) is 4.70. The van der Waals surface area contributed by atoms with Gasteiger partial charge in [0.25, 0.3) is 5.91 Å². The Morgan fingerprint density at radius 1 is 1.61 bits per heavy atom. The van der Waals surface area contributed by atoms with E-state index < -0.39 is 0 Å². The predicted octanol–water partition coefficient (Wildman–Crippen LogP) is 2.08. The topological polar surface area (TPSA) is 46.1 Å². The standard InChI is InChI=1S/C12H18BrN3O.ClH/c1-8-5-10(3-4-14-8)15-12(17)11-6-9(13)7-16(11)2;/h6-8,10,14H,3-5H2,1-2H3,(H,15,17);1H. The van der Waals surface area contributed by atoms with Crippen LogP contribution in [0.3, 0.4) is 0 Å². The summed E-state index contributed by atoms with van der Waals surface area (Å²) in [6, 6.07) is 2.61.